The van der Waals surface area contributed by atoms with E-state index in [4.69, 9.17) is 0 Å². The summed E-state index contributed by atoms with van der Waals surface area (Å²) >= 11 is 0. The van der Waals surface area contributed by atoms with Crippen molar-refractivity contribution >= 4 is 5.91 Å². The van der Waals surface area contributed by atoms with Crippen molar-refractivity contribution in [3.05, 3.63) is 47.3 Å². The second-order valence-corrected chi connectivity index (χ2v) is 5.21. The van der Waals surface area contributed by atoms with Gasteiger partial charge >= 0.3 is 6.18 Å². The molecule has 0 fully saturated rings. The van der Waals surface area contributed by atoms with Crippen molar-refractivity contribution in [1.29, 1.82) is 0 Å². The summed E-state index contributed by atoms with van der Waals surface area (Å²) in [6.45, 7) is 4.23. The first-order valence-electron chi connectivity index (χ1n) is 7.35. The minimum Gasteiger partial charge on any atom is -0.352 e. The van der Waals surface area contributed by atoms with E-state index >= 15 is 0 Å². The highest BCUT2D eigenvalue weighted by molar-refractivity contribution is 5.95. The highest BCUT2D eigenvalue weighted by Crippen LogP contribution is 2.30. The normalized spacial score (nSPS) is 11.5. The monoisotopic (exact) mass is 325 g/mol. The third-order valence-corrected chi connectivity index (χ3v) is 3.49. The maximum atomic E-state index is 12.8. The van der Waals surface area contributed by atoms with Gasteiger partial charge in [-0.15, -0.1) is 0 Å². The Hall–Kier alpha value is -2.31. The Morgan fingerprint density at radius 2 is 2.09 bits per heavy atom. The number of nitrogens with zero attached hydrogens (tertiary/aromatic N) is 2. The number of halogens is 3. The lowest BCUT2D eigenvalue weighted by Crippen LogP contribution is -2.24. The van der Waals surface area contributed by atoms with Crippen LogP contribution in [-0.2, 0) is 6.18 Å². The number of amides is 1. The van der Waals surface area contributed by atoms with Crippen molar-refractivity contribution in [3.8, 4) is 5.69 Å². The number of carbonyl (C=O) groups excluding carboxylic acids is 1. The SMILES string of the molecule is CCCCNC(=O)c1cnn(-c2cccc(C(F)(F)F)c2)c1C. The Bertz CT molecular complexity index is 692. The zero-order valence-corrected chi connectivity index (χ0v) is 12.9. The molecule has 2 aromatic rings. The van der Waals surface area contributed by atoms with Gasteiger partial charge in [0, 0.05) is 6.54 Å². The van der Waals surface area contributed by atoms with Crippen LogP contribution in [0.1, 0.15) is 41.4 Å². The number of aromatic nitrogens is 2. The predicted octanol–water partition coefficient (Wildman–Crippen LogP) is 3.73. The van der Waals surface area contributed by atoms with Crippen LogP contribution < -0.4 is 5.32 Å². The smallest absolute Gasteiger partial charge is 0.352 e. The summed E-state index contributed by atoms with van der Waals surface area (Å²) in [5, 5.41) is 6.82. The van der Waals surface area contributed by atoms with E-state index in [1.807, 2.05) is 6.92 Å². The molecule has 0 saturated carbocycles. The standard InChI is InChI=1S/C16H18F3N3O/c1-3-4-8-20-15(23)14-10-21-22(11(14)2)13-7-5-6-12(9-13)16(17,18)19/h5-7,9-10H,3-4,8H2,1-2H3,(H,20,23). The molecule has 0 aliphatic carbocycles. The van der Waals surface area contributed by atoms with Crippen LogP contribution in [0.3, 0.4) is 0 Å². The van der Waals surface area contributed by atoms with E-state index in [0.717, 1.165) is 25.0 Å². The Kier molecular flexibility index (Phi) is 5.08. The molecule has 0 aliphatic rings. The average molecular weight is 325 g/mol. The zero-order valence-electron chi connectivity index (χ0n) is 12.9. The third kappa shape index (κ3) is 3.91. The van der Waals surface area contributed by atoms with Gasteiger partial charge < -0.3 is 5.32 Å². The van der Waals surface area contributed by atoms with Gasteiger partial charge in [-0.05, 0) is 31.5 Å². The summed E-state index contributed by atoms with van der Waals surface area (Å²) in [4.78, 5) is 12.1. The number of benzene rings is 1. The summed E-state index contributed by atoms with van der Waals surface area (Å²) in [6, 6.07) is 4.85. The molecule has 4 nitrogen and oxygen atoms in total. The first-order valence-corrected chi connectivity index (χ1v) is 7.35. The lowest BCUT2D eigenvalue weighted by molar-refractivity contribution is -0.137. The molecule has 0 atom stereocenters. The highest BCUT2D eigenvalue weighted by Gasteiger charge is 2.30. The van der Waals surface area contributed by atoms with Gasteiger partial charge in [0.05, 0.1) is 28.7 Å². The molecular formula is C16H18F3N3O. The molecule has 0 saturated heterocycles. The van der Waals surface area contributed by atoms with E-state index in [2.05, 4.69) is 10.4 Å². The molecule has 0 spiro atoms. The lowest BCUT2D eigenvalue weighted by Gasteiger charge is -2.10. The summed E-state index contributed by atoms with van der Waals surface area (Å²) in [5.41, 5.74) is 0.376. The number of carbonyl (C=O) groups is 1. The van der Waals surface area contributed by atoms with Crippen LogP contribution in [0.25, 0.3) is 5.69 Å². The molecule has 0 bridgehead atoms. The molecule has 2 rings (SSSR count). The van der Waals surface area contributed by atoms with Crippen LogP contribution in [0.4, 0.5) is 13.2 Å². The molecule has 0 unspecified atom stereocenters. The second kappa shape index (κ2) is 6.85. The largest absolute Gasteiger partial charge is 0.416 e. The Labute approximate surface area is 132 Å². The summed E-state index contributed by atoms with van der Waals surface area (Å²) in [6.07, 6.45) is -1.22. The molecule has 7 heteroatoms. The van der Waals surface area contributed by atoms with Crippen molar-refractivity contribution in [2.75, 3.05) is 6.54 Å². The van der Waals surface area contributed by atoms with E-state index in [1.54, 1.807) is 6.92 Å². The number of rotatable bonds is 5. The fourth-order valence-electron chi connectivity index (χ4n) is 2.18. The molecule has 0 aliphatic heterocycles. The number of nitrogens with one attached hydrogen (secondary N) is 1. The van der Waals surface area contributed by atoms with E-state index in [1.165, 1.54) is 23.0 Å². The maximum absolute atomic E-state index is 12.8. The maximum Gasteiger partial charge on any atom is 0.416 e. The molecule has 1 aromatic heterocycles. The summed E-state index contributed by atoms with van der Waals surface area (Å²) in [7, 11) is 0. The topological polar surface area (TPSA) is 46.9 Å². The number of alkyl halides is 3. The second-order valence-electron chi connectivity index (χ2n) is 5.21. The lowest BCUT2D eigenvalue weighted by atomic mass is 10.2. The molecule has 23 heavy (non-hydrogen) atoms. The number of hydrogen-bond acceptors (Lipinski definition) is 2. The molecular weight excluding hydrogens is 307 g/mol. The van der Waals surface area contributed by atoms with Crippen LogP contribution >= 0.6 is 0 Å². The Morgan fingerprint density at radius 3 is 2.74 bits per heavy atom. The summed E-state index contributed by atoms with van der Waals surface area (Å²) in [5.74, 6) is -0.269. The van der Waals surface area contributed by atoms with Crippen molar-refractivity contribution in [1.82, 2.24) is 15.1 Å². The van der Waals surface area contributed by atoms with Gasteiger partial charge in [-0.25, -0.2) is 4.68 Å². The van der Waals surface area contributed by atoms with Crippen LogP contribution in [0, 0.1) is 6.92 Å². The molecule has 124 valence electrons. The quantitative estimate of drug-likeness (QED) is 0.852. The number of hydrogen-bond donors (Lipinski definition) is 1. The Morgan fingerprint density at radius 1 is 1.35 bits per heavy atom. The van der Waals surface area contributed by atoms with Gasteiger partial charge in [0.25, 0.3) is 5.91 Å². The van der Waals surface area contributed by atoms with Gasteiger partial charge in [0.1, 0.15) is 0 Å². The Balaban J connectivity index is 2.27. The molecule has 1 amide bonds. The molecule has 1 N–H and O–H groups in total. The van der Waals surface area contributed by atoms with Gasteiger partial charge in [-0.3, -0.25) is 4.79 Å². The zero-order chi connectivity index (χ0) is 17.0. The van der Waals surface area contributed by atoms with E-state index in [9.17, 15) is 18.0 Å². The fraction of sp³-hybridized carbons (Fsp3) is 0.375. The van der Waals surface area contributed by atoms with E-state index in [-0.39, 0.29) is 11.6 Å². The first-order chi connectivity index (χ1) is 10.8. The van der Waals surface area contributed by atoms with Crippen LogP contribution in [-0.4, -0.2) is 22.2 Å². The summed E-state index contributed by atoms with van der Waals surface area (Å²) < 4.78 is 39.7. The van der Waals surface area contributed by atoms with E-state index < -0.39 is 11.7 Å². The third-order valence-electron chi connectivity index (χ3n) is 3.49. The number of unbranched alkanes of at least 4 members (excludes halogenated alkanes) is 1. The van der Waals surface area contributed by atoms with E-state index in [0.29, 0.717) is 17.8 Å². The average Bonchev–Trinajstić information content (AvgIpc) is 2.88. The first kappa shape index (κ1) is 17.1. The van der Waals surface area contributed by atoms with Gasteiger partial charge in [-0.2, -0.15) is 18.3 Å². The molecule has 1 heterocycles. The van der Waals surface area contributed by atoms with Crippen molar-refractivity contribution < 1.29 is 18.0 Å². The van der Waals surface area contributed by atoms with Crippen molar-refractivity contribution in [3.63, 3.8) is 0 Å². The van der Waals surface area contributed by atoms with Gasteiger partial charge in [-0.1, -0.05) is 19.4 Å². The fourth-order valence-corrected chi connectivity index (χ4v) is 2.18. The van der Waals surface area contributed by atoms with Gasteiger partial charge in [0.2, 0.25) is 0 Å². The minimum absolute atomic E-state index is 0.268. The van der Waals surface area contributed by atoms with Crippen LogP contribution in [0.2, 0.25) is 0 Å². The molecule has 0 radical (unpaired) electrons. The predicted molar refractivity (Wildman–Crippen MR) is 80.5 cm³/mol. The van der Waals surface area contributed by atoms with Crippen molar-refractivity contribution in [2.45, 2.75) is 32.9 Å². The van der Waals surface area contributed by atoms with Gasteiger partial charge in [0.15, 0.2) is 0 Å². The van der Waals surface area contributed by atoms with Crippen LogP contribution in [0.5, 0.6) is 0 Å². The van der Waals surface area contributed by atoms with Crippen LogP contribution in [0.15, 0.2) is 30.5 Å². The van der Waals surface area contributed by atoms with Crippen molar-refractivity contribution in [2.24, 2.45) is 0 Å². The molecule has 1 aromatic carbocycles. The minimum atomic E-state index is -4.42. The highest BCUT2D eigenvalue weighted by atomic mass is 19.4.